The van der Waals surface area contributed by atoms with E-state index in [1.807, 2.05) is 0 Å². The zero-order chi connectivity index (χ0) is 9.99. The number of rotatable bonds is 0. The van der Waals surface area contributed by atoms with Gasteiger partial charge in [-0.25, -0.2) is 0 Å². The number of hydrogen-bond acceptors (Lipinski definition) is 0. The van der Waals surface area contributed by atoms with Crippen molar-refractivity contribution in [3.8, 4) is 0 Å². The van der Waals surface area contributed by atoms with E-state index in [1.54, 1.807) is 5.56 Å². The normalized spacial score (nSPS) is 40.7. The molecule has 0 spiro atoms. The fourth-order valence-electron chi connectivity index (χ4n) is 4.50. The van der Waals surface area contributed by atoms with E-state index in [1.165, 1.54) is 30.4 Å². The van der Waals surface area contributed by atoms with Crippen molar-refractivity contribution in [1.29, 1.82) is 0 Å². The van der Waals surface area contributed by atoms with Crippen LogP contribution in [0.3, 0.4) is 0 Å². The van der Waals surface area contributed by atoms with Crippen LogP contribution in [-0.2, 0) is 0 Å². The van der Waals surface area contributed by atoms with Crippen LogP contribution in [0.5, 0.6) is 0 Å². The van der Waals surface area contributed by atoms with E-state index < -0.39 is 0 Å². The number of hydrogen-bond donors (Lipinski definition) is 0. The van der Waals surface area contributed by atoms with Crippen molar-refractivity contribution in [1.82, 2.24) is 0 Å². The lowest BCUT2D eigenvalue weighted by Gasteiger charge is -2.25. The summed E-state index contributed by atoms with van der Waals surface area (Å²) < 4.78 is 0. The molecule has 2 bridgehead atoms. The van der Waals surface area contributed by atoms with Crippen molar-refractivity contribution in [2.45, 2.75) is 25.2 Å². The summed E-state index contributed by atoms with van der Waals surface area (Å²) in [6.45, 7) is 4.36. The molecule has 0 amide bonds. The molecule has 1 aromatic carbocycles. The maximum absolute atomic E-state index is 4.36. The first-order chi connectivity index (χ1) is 7.36. The number of fused-ring (bicyclic) bond motifs is 7. The third-order valence-corrected chi connectivity index (χ3v) is 4.98. The first kappa shape index (κ1) is 8.15. The Hall–Kier alpha value is -1.04. The Kier molecular flexibility index (Phi) is 1.39. The van der Waals surface area contributed by atoms with Crippen LogP contribution in [0.2, 0.25) is 0 Å². The fraction of sp³-hybridized carbons (Fsp3) is 0.467. The van der Waals surface area contributed by atoms with Crippen molar-refractivity contribution in [3.05, 3.63) is 42.0 Å². The van der Waals surface area contributed by atoms with Gasteiger partial charge in [-0.05, 0) is 59.6 Å². The van der Waals surface area contributed by atoms with Crippen molar-refractivity contribution >= 4 is 5.57 Å². The van der Waals surface area contributed by atoms with E-state index in [0.717, 1.165) is 23.7 Å². The second kappa shape index (κ2) is 2.55. The largest absolute Gasteiger partial charge is 0.0949 e. The molecule has 0 unspecified atom stereocenters. The van der Waals surface area contributed by atoms with Crippen LogP contribution in [0.25, 0.3) is 5.57 Å². The maximum Gasteiger partial charge on any atom is -0.00559 e. The minimum atomic E-state index is 0.807. The summed E-state index contributed by atoms with van der Waals surface area (Å²) >= 11 is 0. The van der Waals surface area contributed by atoms with Crippen molar-refractivity contribution in [2.24, 2.45) is 17.8 Å². The van der Waals surface area contributed by atoms with Crippen LogP contribution in [0.4, 0.5) is 0 Å². The van der Waals surface area contributed by atoms with Crippen LogP contribution < -0.4 is 0 Å². The zero-order valence-electron chi connectivity index (χ0n) is 8.95. The van der Waals surface area contributed by atoms with Gasteiger partial charge < -0.3 is 0 Å². The molecule has 0 N–H and O–H groups in total. The number of benzene rings is 1. The Morgan fingerprint density at radius 2 is 1.73 bits per heavy atom. The Balaban J connectivity index is 1.93. The average molecular weight is 196 g/mol. The molecule has 0 heterocycles. The predicted molar refractivity (Wildman–Crippen MR) is 62.5 cm³/mol. The summed E-state index contributed by atoms with van der Waals surface area (Å²) in [5.41, 5.74) is 4.53. The highest BCUT2D eigenvalue weighted by molar-refractivity contribution is 5.75. The van der Waals surface area contributed by atoms with E-state index in [9.17, 15) is 0 Å². The van der Waals surface area contributed by atoms with Crippen LogP contribution >= 0.6 is 0 Å². The standard InChI is InChI=1S/C15H16/c1-9-12-4-2-3-5-13(12)15-11-7-6-10(8-11)14(9)15/h2-5,10-11,14-15H,1,6-8H2/t10-,11+,14+,15+/m1/s1. The van der Waals surface area contributed by atoms with Gasteiger partial charge in [0.2, 0.25) is 0 Å². The van der Waals surface area contributed by atoms with Gasteiger partial charge in [-0.15, -0.1) is 0 Å². The molecule has 2 fully saturated rings. The molecular weight excluding hydrogens is 180 g/mol. The van der Waals surface area contributed by atoms with Gasteiger partial charge in [0.25, 0.3) is 0 Å². The second-order valence-electron chi connectivity index (χ2n) is 5.50. The zero-order valence-corrected chi connectivity index (χ0v) is 8.95. The monoisotopic (exact) mass is 196 g/mol. The first-order valence-electron chi connectivity index (χ1n) is 6.14. The van der Waals surface area contributed by atoms with E-state index in [-0.39, 0.29) is 0 Å². The Bertz CT molecular complexity index is 443. The summed E-state index contributed by atoms with van der Waals surface area (Å²) in [6, 6.07) is 8.97. The summed E-state index contributed by atoms with van der Waals surface area (Å²) in [4.78, 5) is 0. The lowest BCUT2D eigenvalue weighted by molar-refractivity contribution is 0.365. The Labute approximate surface area is 91.0 Å². The molecule has 0 aromatic heterocycles. The van der Waals surface area contributed by atoms with Gasteiger partial charge in [-0.3, -0.25) is 0 Å². The Morgan fingerprint density at radius 1 is 1.00 bits per heavy atom. The average Bonchev–Trinajstić information content (AvgIpc) is 2.92. The summed E-state index contributed by atoms with van der Waals surface area (Å²) in [5, 5.41) is 0. The molecule has 4 rings (SSSR count). The molecular formula is C15H16. The third-order valence-electron chi connectivity index (χ3n) is 4.98. The molecule has 0 saturated heterocycles. The summed E-state index contributed by atoms with van der Waals surface area (Å²) in [7, 11) is 0. The predicted octanol–water partition coefficient (Wildman–Crippen LogP) is 3.84. The smallest absolute Gasteiger partial charge is 0.00559 e. The molecule has 3 aliphatic carbocycles. The highest BCUT2D eigenvalue weighted by atomic mass is 14.6. The summed E-state index contributed by atoms with van der Waals surface area (Å²) in [5.74, 6) is 3.58. The maximum atomic E-state index is 4.36. The summed E-state index contributed by atoms with van der Waals surface area (Å²) in [6.07, 6.45) is 4.40. The number of allylic oxidation sites excluding steroid dienone is 1. The highest BCUT2D eigenvalue weighted by Crippen LogP contribution is 2.64. The van der Waals surface area contributed by atoms with Gasteiger partial charge in [0, 0.05) is 0 Å². The van der Waals surface area contributed by atoms with E-state index >= 15 is 0 Å². The SMILES string of the molecule is C=C1c2ccccc2[C@@H]2[C@H]3CC[C@H](C3)[C@H]12. The van der Waals surface area contributed by atoms with Crippen LogP contribution in [-0.4, -0.2) is 0 Å². The lowest BCUT2D eigenvalue weighted by Crippen LogP contribution is -2.15. The van der Waals surface area contributed by atoms with Gasteiger partial charge in [0.15, 0.2) is 0 Å². The second-order valence-corrected chi connectivity index (χ2v) is 5.50. The van der Waals surface area contributed by atoms with Gasteiger partial charge in [-0.1, -0.05) is 30.8 Å². The van der Waals surface area contributed by atoms with E-state index in [4.69, 9.17) is 0 Å². The van der Waals surface area contributed by atoms with E-state index in [0.29, 0.717) is 0 Å². The van der Waals surface area contributed by atoms with Crippen molar-refractivity contribution in [3.63, 3.8) is 0 Å². The molecule has 0 nitrogen and oxygen atoms in total. The minimum absolute atomic E-state index is 0.807. The van der Waals surface area contributed by atoms with Crippen molar-refractivity contribution < 1.29 is 0 Å². The van der Waals surface area contributed by atoms with Gasteiger partial charge in [0.1, 0.15) is 0 Å². The Morgan fingerprint density at radius 3 is 2.60 bits per heavy atom. The molecule has 0 aliphatic heterocycles. The molecule has 15 heavy (non-hydrogen) atoms. The molecule has 3 aliphatic rings. The van der Waals surface area contributed by atoms with Gasteiger partial charge in [0.05, 0.1) is 0 Å². The molecule has 0 heteroatoms. The van der Waals surface area contributed by atoms with Gasteiger partial charge >= 0.3 is 0 Å². The third kappa shape index (κ3) is 0.844. The van der Waals surface area contributed by atoms with Crippen molar-refractivity contribution in [2.75, 3.05) is 0 Å². The first-order valence-corrected chi connectivity index (χ1v) is 6.14. The molecule has 2 saturated carbocycles. The highest BCUT2D eigenvalue weighted by Gasteiger charge is 2.52. The van der Waals surface area contributed by atoms with Crippen LogP contribution in [0, 0.1) is 17.8 Å². The van der Waals surface area contributed by atoms with E-state index in [2.05, 4.69) is 30.8 Å². The van der Waals surface area contributed by atoms with Crippen LogP contribution in [0.1, 0.15) is 36.3 Å². The minimum Gasteiger partial charge on any atom is -0.0949 e. The van der Waals surface area contributed by atoms with Crippen LogP contribution in [0.15, 0.2) is 30.8 Å². The molecule has 76 valence electrons. The molecule has 1 aromatic rings. The molecule has 0 radical (unpaired) electrons. The molecule has 4 atom stereocenters. The fourth-order valence-corrected chi connectivity index (χ4v) is 4.50. The quantitative estimate of drug-likeness (QED) is 0.591. The lowest BCUT2D eigenvalue weighted by atomic mass is 9.79. The van der Waals surface area contributed by atoms with Gasteiger partial charge in [-0.2, -0.15) is 0 Å². The topological polar surface area (TPSA) is 0 Å².